The maximum Gasteiger partial charge on any atom is 0.251 e. The van der Waals surface area contributed by atoms with E-state index >= 15 is 0 Å². The Kier molecular flexibility index (Phi) is 12.9. The highest BCUT2D eigenvalue weighted by molar-refractivity contribution is 7.89. The van der Waals surface area contributed by atoms with E-state index in [-0.39, 0.29) is 39.0 Å². The highest BCUT2D eigenvalue weighted by Crippen LogP contribution is 2.33. The molecule has 3 aromatic carbocycles. The second-order valence-electron chi connectivity index (χ2n) is 11.8. The number of hydrogen-bond donors (Lipinski definition) is 3. The molecular formula is C32H30Cl2F5N5O6S2. The van der Waals surface area contributed by atoms with Crippen LogP contribution in [-0.2, 0) is 36.2 Å². The summed E-state index contributed by atoms with van der Waals surface area (Å²) in [5.74, 6) is -8.96. The number of carbonyl (C=O) groups excluding carboxylic acids is 2. The highest BCUT2D eigenvalue weighted by atomic mass is 35.5. The Balaban J connectivity index is 0.000000251. The molecule has 2 amide bonds. The van der Waals surface area contributed by atoms with Crippen molar-refractivity contribution in [2.24, 2.45) is 0 Å². The van der Waals surface area contributed by atoms with Gasteiger partial charge >= 0.3 is 0 Å². The molecule has 0 unspecified atom stereocenters. The Bertz CT molecular complexity index is 2050. The van der Waals surface area contributed by atoms with Gasteiger partial charge in [0.15, 0.2) is 0 Å². The predicted molar refractivity (Wildman–Crippen MR) is 179 cm³/mol. The molecule has 3 aromatic rings. The smallest absolute Gasteiger partial charge is 0.251 e. The van der Waals surface area contributed by atoms with Crippen molar-refractivity contribution in [3.05, 3.63) is 93.7 Å². The fourth-order valence-electron chi connectivity index (χ4n) is 5.16. The first-order chi connectivity index (χ1) is 24.2. The normalized spacial score (nSPS) is 20.3. The van der Waals surface area contributed by atoms with Gasteiger partial charge in [0.2, 0.25) is 31.9 Å². The van der Waals surface area contributed by atoms with Gasteiger partial charge in [-0.05, 0) is 60.7 Å². The molecule has 0 bridgehead atoms. The standard InChI is InChI=1S/C20H17ClF3N3O3S.C12H13ClF2N2O3S/c21-15-3-5-16(6-4-15)31(29,30)27(12-14-2-1-13(11-25)9-17(14)22)18-10-20(23,24)7-8-26-19(18)28;13-8-1-3-9(4-2-8)21(19,20)17-10-7-12(14,15)5-6-16-11(10)18/h1-6,9,18H,7-8,10,12H2,(H,26,28);1-4,10,17H,5-7H2,(H,16,18)/t18-;10-/m11/s1. The monoisotopic (exact) mass is 809 g/mol. The van der Waals surface area contributed by atoms with E-state index in [0.29, 0.717) is 9.33 Å². The fraction of sp³-hybridized carbons (Fsp3) is 0.344. The van der Waals surface area contributed by atoms with Crippen LogP contribution in [0.3, 0.4) is 0 Å². The number of sulfonamides is 2. The number of nitriles is 1. The molecule has 3 N–H and O–H groups in total. The van der Waals surface area contributed by atoms with E-state index in [9.17, 15) is 48.4 Å². The molecule has 2 atom stereocenters. The lowest BCUT2D eigenvalue weighted by atomic mass is 10.1. The van der Waals surface area contributed by atoms with Crippen LogP contribution in [0.1, 0.15) is 36.8 Å². The lowest BCUT2D eigenvalue weighted by molar-refractivity contribution is -0.126. The molecular weight excluding hydrogens is 780 g/mol. The van der Waals surface area contributed by atoms with Crippen molar-refractivity contribution in [1.82, 2.24) is 19.7 Å². The number of alkyl halides is 4. The van der Waals surface area contributed by atoms with Crippen molar-refractivity contribution in [2.75, 3.05) is 13.1 Å². The molecule has 2 aliphatic heterocycles. The summed E-state index contributed by atoms with van der Waals surface area (Å²) in [5.41, 5.74) is -0.163. The summed E-state index contributed by atoms with van der Waals surface area (Å²) in [5, 5.41) is 14.1. The number of carbonyl (C=O) groups is 2. The maximum atomic E-state index is 14.5. The number of halogens is 7. The van der Waals surface area contributed by atoms with Gasteiger partial charge in [0.25, 0.3) is 11.8 Å². The lowest BCUT2D eigenvalue weighted by Crippen LogP contribution is -2.49. The predicted octanol–water partition coefficient (Wildman–Crippen LogP) is 4.99. The SMILES string of the molecule is N#Cc1ccc(CN([C@@H]2CC(F)(F)CCNC2=O)S(=O)(=O)c2ccc(Cl)cc2)c(F)c1.O=C1NCCC(F)(F)C[C@H]1NS(=O)(=O)c1ccc(Cl)cc1. The second kappa shape index (κ2) is 16.4. The van der Waals surface area contributed by atoms with E-state index in [1.165, 1.54) is 60.7 Å². The third kappa shape index (κ3) is 10.6. The highest BCUT2D eigenvalue weighted by Gasteiger charge is 2.45. The molecule has 2 heterocycles. The zero-order valence-electron chi connectivity index (χ0n) is 26.8. The lowest BCUT2D eigenvalue weighted by Gasteiger charge is -2.30. The first-order valence-electron chi connectivity index (χ1n) is 15.3. The van der Waals surface area contributed by atoms with Crippen LogP contribution >= 0.6 is 23.2 Å². The summed E-state index contributed by atoms with van der Waals surface area (Å²) in [6.07, 6.45) is -3.08. The van der Waals surface area contributed by atoms with E-state index in [4.69, 9.17) is 28.5 Å². The van der Waals surface area contributed by atoms with Crippen LogP contribution in [-0.4, -0.2) is 70.0 Å². The van der Waals surface area contributed by atoms with Crippen LogP contribution in [0, 0.1) is 17.1 Å². The fourth-order valence-corrected chi connectivity index (χ4v) is 8.18. The van der Waals surface area contributed by atoms with Crippen LogP contribution < -0.4 is 15.4 Å². The Morgan fingerprint density at radius 3 is 1.87 bits per heavy atom. The van der Waals surface area contributed by atoms with Crippen LogP contribution in [0.25, 0.3) is 0 Å². The second-order valence-corrected chi connectivity index (χ2v) is 16.2. The number of nitrogens with zero attached hydrogens (tertiary/aromatic N) is 2. The van der Waals surface area contributed by atoms with Gasteiger partial charge < -0.3 is 10.6 Å². The van der Waals surface area contributed by atoms with Gasteiger partial charge in [-0.1, -0.05) is 29.3 Å². The van der Waals surface area contributed by atoms with E-state index in [0.717, 1.165) is 6.07 Å². The summed E-state index contributed by atoms with van der Waals surface area (Å²) in [4.78, 5) is 23.8. The Labute approximate surface area is 306 Å². The minimum Gasteiger partial charge on any atom is -0.354 e. The van der Waals surface area contributed by atoms with Gasteiger partial charge in [-0.2, -0.15) is 14.3 Å². The number of nitrogens with one attached hydrogen (secondary N) is 3. The van der Waals surface area contributed by atoms with Gasteiger partial charge in [-0.15, -0.1) is 0 Å². The molecule has 11 nitrogen and oxygen atoms in total. The van der Waals surface area contributed by atoms with Crippen molar-refractivity contribution in [1.29, 1.82) is 5.26 Å². The zero-order valence-corrected chi connectivity index (χ0v) is 29.9. The Morgan fingerprint density at radius 2 is 1.33 bits per heavy atom. The summed E-state index contributed by atoms with van der Waals surface area (Å²) >= 11 is 11.5. The molecule has 280 valence electrons. The third-order valence-corrected chi connectivity index (χ3v) is 11.8. The van der Waals surface area contributed by atoms with Gasteiger partial charge in [-0.25, -0.2) is 38.8 Å². The van der Waals surface area contributed by atoms with Gasteiger partial charge in [0.05, 0.1) is 21.4 Å². The number of benzene rings is 3. The minimum absolute atomic E-state index is 0.00658. The van der Waals surface area contributed by atoms with Crippen molar-refractivity contribution >= 4 is 55.1 Å². The molecule has 20 heteroatoms. The number of rotatable bonds is 8. The van der Waals surface area contributed by atoms with Crippen molar-refractivity contribution in [2.45, 2.75) is 65.9 Å². The molecule has 0 saturated carbocycles. The Morgan fingerprint density at radius 1 is 0.808 bits per heavy atom. The summed E-state index contributed by atoms with van der Waals surface area (Å²) in [6, 6.07) is 12.0. The molecule has 0 aliphatic carbocycles. The summed E-state index contributed by atoms with van der Waals surface area (Å²) in [7, 11) is -8.58. The van der Waals surface area contributed by atoms with Crippen LogP contribution in [0.5, 0.6) is 0 Å². The van der Waals surface area contributed by atoms with E-state index in [1.807, 2.05) is 4.72 Å². The van der Waals surface area contributed by atoms with Crippen LogP contribution in [0.4, 0.5) is 22.0 Å². The van der Waals surface area contributed by atoms with Crippen molar-refractivity contribution < 1.29 is 48.4 Å². The molecule has 5 rings (SSSR count). The molecule has 0 radical (unpaired) electrons. The maximum absolute atomic E-state index is 14.5. The van der Waals surface area contributed by atoms with E-state index < -0.39 is 93.8 Å². The summed E-state index contributed by atoms with van der Waals surface area (Å²) < 4.78 is 123. The quantitative estimate of drug-likeness (QED) is 0.270. The molecule has 52 heavy (non-hydrogen) atoms. The number of amides is 2. The third-order valence-electron chi connectivity index (χ3n) is 7.89. The van der Waals surface area contributed by atoms with Crippen molar-refractivity contribution in [3.63, 3.8) is 0 Å². The minimum atomic E-state index is -4.50. The van der Waals surface area contributed by atoms with Gasteiger partial charge in [0, 0.05) is 60.9 Å². The first kappa shape index (κ1) is 40.9. The zero-order chi connectivity index (χ0) is 38.5. The molecule has 2 fully saturated rings. The average molecular weight is 811 g/mol. The largest absolute Gasteiger partial charge is 0.354 e. The van der Waals surface area contributed by atoms with E-state index in [2.05, 4.69) is 10.6 Å². The van der Waals surface area contributed by atoms with Crippen LogP contribution in [0.2, 0.25) is 10.0 Å². The van der Waals surface area contributed by atoms with Crippen LogP contribution in [0.15, 0.2) is 76.5 Å². The summed E-state index contributed by atoms with van der Waals surface area (Å²) in [6.45, 7) is -1.19. The van der Waals surface area contributed by atoms with Crippen molar-refractivity contribution in [3.8, 4) is 6.07 Å². The molecule has 0 spiro atoms. The van der Waals surface area contributed by atoms with Gasteiger partial charge in [-0.3, -0.25) is 9.59 Å². The van der Waals surface area contributed by atoms with E-state index in [1.54, 1.807) is 6.07 Å². The molecule has 2 saturated heterocycles. The Hall–Kier alpha value is -3.86. The molecule has 0 aromatic heterocycles. The van der Waals surface area contributed by atoms with Gasteiger partial charge in [0.1, 0.15) is 17.9 Å². The topological polar surface area (TPSA) is 166 Å². The number of hydrogen-bond acceptors (Lipinski definition) is 7. The average Bonchev–Trinajstić information content (AvgIpc) is 3.28. The first-order valence-corrected chi connectivity index (χ1v) is 19.0. The molecule has 2 aliphatic rings.